The van der Waals surface area contributed by atoms with Crippen molar-refractivity contribution >= 4 is 27.3 Å². The predicted octanol–water partition coefficient (Wildman–Crippen LogP) is 5.25. The highest BCUT2D eigenvalue weighted by atomic mass is 32.2. The van der Waals surface area contributed by atoms with Gasteiger partial charge in [-0.15, -0.1) is 0 Å². The molecule has 0 saturated carbocycles. The largest absolute Gasteiger partial charge is 0.334 e. The van der Waals surface area contributed by atoms with Crippen molar-refractivity contribution in [1.29, 1.82) is 0 Å². The van der Waals surface area contributed by atoms with Crippen LogP contribution in [0.3, 0.4) is 0 Å². The summed E-state index contributed by atoms with van der Waals surface area (Å²) < 4.78 is 32.6. The molecule has 0 radical (unpaired) electrons. The van der Waals surface area contributed by atoms with Crippen LogP contribution in [-0.4, -0.2) is 31.5 Å². The zero-order chi connectivity index (χ0) is 25.2. The molecule has 1 aromatic heterocycles. The van der Waals surface area contributed by atoms with Gasteiger partial charge in [0.2, 0.25) is 0 Å². The van der Waals surface area contributed by atoms with Crippen molar-refractivity contribution in [2.45, 2.75) is 31.6 Å². The second kappa shape index (κ2) is 9.71. The van der Waals surface area contributed by atoms with Gasteiger partial charge in [-0.25, -0.2) is 8.42 Å². The molecule has 9 heteroatoms. The molecule has 180 valence electrons. The van der Waals surface area contributed by atoms with Crippen LogP contribution in [-0.2, 0) is 10.0 Å². The van der Waals surface area contributed by atoms with E-state index in [1.807, 2.05) is 39.0 Å². The summed E-state index contributed by atoms with van der Waals surface area (Å²) in [6.45, 7) is 5.80. The summed E-state index contributed by atoms with van der Waals surface area (Å²) in [6.07, 6.45) is 0. The molecule has 8 nitrogen and oxygen atoms in total. The molecule has 0 atom stereocenters. The standard InChI is InChI=1S/C26H26N4O4S/c1-17(2)24-28-26(34-29-24)22-12-8-9-18(3)23(22)27-25(31)19-13-15-21(16-14-19)35(32,33)30(4)20-10-6-5-7-11-20/h5-17H,1-4H3,(H,27,31). The van der Waals surface area contributed by atoms with Crippen LogP contribution in [0, 0.1) is 6.92 Å². The number of aromatic nitrogens is 2. The third kappa shape index (κ3) is 4.95. The van der Waals surface area contributed by atoms with Gasteiger partial charge in [0.15, 0.2) is 5.82 Å². The molecule has 0 fully saturated rings. The second-order valence-electron chi connectivity index (χ2n) is 8.40. The molecule has 0 bridgehead atoms. The number of sulfonamides is 1. The third-order valence-electron chi connectivity index (χ3n) is 5.59. The van der Waals surface area contributed by atoms with E-state index in [9.17, 15) is 13.2 Å². The van der Waals surface area contributed by atoms with Crippen molar-refractivity contribution in [2.75, 3.05) is 16.7 Å². The average Bonchev–Trinajstić information content (AvgIpc) is 3.36. The average molecular weight is 491 g/mol. The third-order valence-corrected chi connectivity index (χ3v) is 7.39. The number of nitrogens with one attached hydrogen (secondary N) is 1. The summed E-state index contributed by atoms with van der Waals surface area (Å²) in [5.41, 5.74) is 2.85. The molecule has 0 unspecified atom stereocenters. The topological polar surface area (TPSA) is 105 Å². The number of amides is 1. The van der Waals surface area contributed by atoms with E-state index in [1.165, 1.54) is 35.6 Å². The maximum Gasteiger partial charge on any atom is 0.264 e. The number of rotatable bonds is 7. The molecule has 4 rings (SSSR count). The fourth-order valence-electron chi connectivity index (χ4n) is 3.49. The SMILES string of the molecule is Cc1cccc(-c2nc(C(C)C)no2)c1NC(=O)c1ccc(S(=O)(=O)N(C)c2ccccc2)cc1. The van der Waals surface area contributed by atoms with Gasteiger partial charge in [-0.05, 0) is 55.0 Å². The molecule has 4 aromatic rings. The lowest BCUT2D eigenvalue weighted by Gasteiger charge is -2.19. The Labute approximate surface area is 204 Å². The molecular formula is C26H26N4O4S. The molecule has 0 aliphatic carbocycles. The highest BCUT2D eigenvalue weighted by Crippen LogP contribution is 2.31. The van der Waals surface area contributed by atoms with Crippen LogP contribution >= 0.6 is 0 Å². The molecule has 0 aliphatic rings. The van der Waals surface area contributed by atoms with Crippen molar-refractivity contribution < 1.29 is 17.7 Å². The second-order valence-corrected chi connectivity index (χ2v) is 10.4. The number of carbonyl (C=O) groups is 1. The van der Waals surface area contributed by atoms with E-state index < -0.39 is 10.0 Å². The van der Waals surface area contributed by atoms with Gasteiger partial charge in [-0.2, -0.15) is 4.98 Å². The number of hydrogen-bond donors (Lipinski definition) is 1. The van der Waals surface area contributed by atoms with Gasteiger partial charge in [0.25, 0.3) is 21.8 Å². The number of anilines is 2. The van der Waals surface area contributed by atoms with Gasteiger partial charge in [-0.3, -0.25) is 9.10 Å². The van der Waals surface area contributed by atoms with E-state index in [0.29, 0.717) is 34.2 Å². The molecule has 1 amide bonds. The van der Waals surface area contributed by atoms with Crippen molar-refractivity contribution in [3.8, 4) is 11.5 Å². The Hall–Kier alpha value is -3.98. The van der Waals surface area contributed by atoms with Crippen molar-refractivity contribution in [2.24, 2.45) is 0 Å². The maximum atomic E-state index is 13.0. The van der Waals surface area contributed by atoms with Crippen LogP contribution < -0.4 is 9.62 Å². The lowest BCUT2D eigenvalue weighted by atomic mass is 10.1. The van der Waals surface area contributed by atoms with Crippen LogP contribution in [0.25, 0.3) is 11.5 Å². The first-order valence-corrected chi connectivity index (χ1v) is 12.5. The van der Waals surface area contributed by atoms with E-state index in [2.05, 4.69) is 15.5 Å². The number of nitrogens with zero attached hydrogens (tertiary/aromatic N) is 3. The van der Waals surface area contributed by atoms with Gasteiger partial charge >= 0.3 is 0 Å². The first-order valence-electron chi connectivity index (χ1n) is 11.1. The Morgan fingerprint density at radius 2 is 1.66 bits per heavy atom. The Kier molecular flexibility index (Phi) is 6.70. The summed E-state index contributed by atoms with van der Waals surface area (Å²) >= 11 is 0. The number of benzene rings is 3. The fraction of sp³-hybridized carbons (Fsp3) is 0.192. The smallest absolute Gasteiger partial charge is 0.264 e. The van der Waals surface area contributed by atoms with Crippen LogP contribution in [0.5, 0.6) is 0 Å². The van der Waals surface area contributed by atoms with E-state index in [-0.39, 0.29) is 16.7 Å². The van der Waals surface area contributed by atoms with E-state index >= 15 is 0 Å². The van der Waals surface area contributed by atoms with Gasteiger partial charge in [0.05, 0.1) is 21.8 Å². The quantitative estimate of drug-likeness (QED) is 0.380. The monoisotopic (exact) mass is 490 g/mol. The van der Waals surface area contributed by atoms with Crippen molar-refractivity contribution in [3.63, 3.8) is 0 Å². The highest BCUT2D eigenvalue weighted by molar-refractivity contribution is 7.92. The number of para-hydroxylation sites is 2. The lowest BCUT2D eigenvalue weighted by molar-refractivity contribution is 0.102. The first kappa shape index (κ1) is 24.2. The molecule has 35 heavy (non-hydrogen) atoms. The summed E-state index contributed by atoms with van der Waals surface area (Å²) in [5.74, 6) is 0.615. The lowest BCUT2D eigenvalue weighted by Crippen LogP contribution is -2.26. The van der Waals surface area contributed by atoms with Crippen LogP contribution in [0.15, 0.2) is 82.2 Å². The predicted molar refractivity (Wildman–Crippen MR) is 135 cm³/mol. The Bertz CT molecular complexity index is 1450. The molecular weight excluding hydrogens is 464 g/mol. The number of aryl methyl sites for hydroxylation is 1. The highest BCUT2D eigenvalue weighted by Gasteiger charge is 2.22. The number of hydrogen-bond acceptors (Lipinski definition) is 6. The van der Waals surface area contributed by atoms with Crippen LogP contribution in [0.2, 0.25) is 0 Å². The van der Waals surface area contributed by atoms with Gasteiger partial charge in [0.1, 0.15) is 0 Å². The fourth-order valence-corrected chi connectivity index (χ4v) is 4.68. The van der Waals surface area contributed by atoms with Gasteiger partial charge < -0.3 is 9.84 Å². The van der Waals surface area contributed by atoms with E-state index in [1.54, 1.807) is 30.3 Å². The molecule has 0 spiro atoms. The minimum atomic E-state index is -3.77. The Morgan fingerprint density at radius 3 is 2.29 bits per heavy atom. The molecule has 0 saturated heterocycles. The van der Waals surface area contributed by atoms with Gasteiger partial charge in [0, 0.05) is 18.5 Å². The molecule has 1 N–H and O–H groups in total. The summed E-state index contributed by atoms with van der Waals surface area (Å²) in [7, 11) is -2.28. The molecule has 3 aromatic carbocycles. The van der Waals surface area contributed by atoms with Gasteiger partial charge in [-0.1, -0.05) is 49.3 Å². The normalized spacial score (nSPS) is 11.5. The zero-order valence-electron chi connectivity index (χ0n) is 19.9. The van der Waals surface area contributed by atoms with E-state index in [4.69, 9.17) is 4.52 Å². The number of carbonyl (C=O) groups excluding carboxylic acids is 1. The molecule has 1 heterocycles. The van der Waals surface area contributed by atoms with Crippen LogP contribution in [0.1, 0.15) is 41.5 Å². The summed E-state index contributed by atoms with van der Waals surface area (Å²) in [6, 6.07) is 20.1. The van der Waals surface area contributed by atoms with Crippen molar-refractivity contribution in [1.82, 2.24) is 10.1 Å². The molecule has 0 aliphatic heterocycles. The zero-order valence-corrected chi connectivity index (χ0v) is 20.7. The van der Waals surface area contributed by atoms with E-state index in [0.717, 1.165) is 5.56 Å². The van der Waals surface area contributed by atoms with Crippen molar-refractivity contribution in [3.05, 3.63) is 89.7 Å². The Morgan fingerprint density at radius 1 is 0.971 bits per heavy atom. The summed E-state index contributed by atoms with van der Waals surface area (Å²) in [5, 5.41) is 6.92. The Balaban J connectivity index is 1.58. The minimum Gasteiger partial charge on any atom is -0.334 e. The maximum absolute atomic E-state index is 13.0. The first-order chi connectivity index (χ1) is 16.7. The minimum absolute atomic E-state index is 0.0871. The summed E-state index contributed by atoms with van der Waals surface area (Å²) in [4.78, 5) is 17.6. The van der Waals surface area contributed by atoms with Crippen LogP contribution in [0.4, 0.5) is 11.4 Å².